The van der Waals surface area contributed by atoms with Crippen molar-refractivity contribution in [2.75, 3.05) is 18.9 Å². The van der Waals surface area contributed by atoms with Crippen molar-refractivity contribution < 1.29 is 4.74 Å². The Bertz CT molecular complexity index is 581. The molecule has 2 aromatic rings. The van der Waals surface area contributed by atoms with Crippen LogP contribution in [0, 0.1) is 5.92 Å². The lowest BCUT2D eigenvalue weighted by atomic mass is 9.97. The second kappa shape index (κ2) is 4.44. The van der Waals surface area contributed by atoms with Crippen LogP contribution in [0.1, 0.15) is 19.4 Å². The summed E-state index contributed by atoms with van der Waals surface area (Å²) in [5, 5.41) is 0.704. The van der Waals surface area contributed by atoms with Crippen molar-refractivity contribution in [2.24, 2.45) is 5.92 Å². The molecule has 0 saturated carbocycles. The Morgan fingerprint density at radius 2 is 2.33 bits per heavy atom. The van der Waals surface area contributed by atoms with Crippen LogP contribution in [-0.2, 0) is 4.74 Å². The molecule has 96 valence electrons. The van der Waals surface area contributed by atoms with Crippen LogP contribution in [0.2, 0.25) is 5.02 Å². The molecule has 4 nitrogen and oxygen atoms in total. The summed E-state index contributed by atoms with van der Waals surface area (Å²) in [6.45, 7) is 3.69. The number of imidazole rings is 1. The molecule has 1 fully saturated rings. The summed E-state index contributed by atoms with van der Waals surface area (Å²) in [5.74, 6) is 0.951. The van der Waals surface area contributed by atoms with Crippen LogP contribution in [-0.4, -0.2) is 22.8 Å². The van der Waals surface area contributed by atoms with Crippen LogP contribution in [0.25, 0.3) is 11.0 Å². The Hall–Kier alpha value is -1.26. The van der Waals surface area contributed by atoms with Crippen molar-refractivity contribution >= 4 is 28.6 Å². The summed E-state index contributed by atoms with van der Waals surface area (Å²) >= 11 is 6.29. The van der Waals surface area contributed by atoms with E-state index in [0.29, 0.717) is 22.9 Å². The number of ether oxygens (including phenoxy) is 1. The molecule has 2 N–H and O–H groups in total. The third-order valence-corrected chi connectivity index (χ3v) is 3.92. The average molecular weight is 266 g/mol. The van der Waals surface area contributed by atoms with Crippen molar-refractivity contribution in [1.82, 2.24) is 9.55 Å². The van der Waals surface area contributed by atoms with Gasteiger partial charge in [0.1, 0.15) is 0 Å². The van der Waals surface area contributed by atoms with E-state index in [2.05, 4.69) is 16.5 Å². The number of rotatable bonds is 1. The van der Waals surface area contributed by atoms with Crippen molar-refractivity contribution in [3.05, 3.63) is 23.2 Å². The molecule has 1 aromatic heterocycles. The molecule has 2 heterocycles. The summed E-state index contributed by atoms with van der Waals surface area (Å²) in [6, 6.07) is 6.03. The summed E-state index contributed by atoms with van der Waals surface area (Å²) < 4.78 is 7.56. The molecule has 3 rings (SSSR count). The second-order valence-electron chi connectivity index (χ2n) is 4.86. The lowest BCUT2D eigenvalue weighted by Gasteiger charge is -2.31. The van der Waals surface area contributed by atoms with Gasteiger partial charge in [0, 0.05) is 18.6 Å². The second-order valence-corrected chi connectivity index (χ2v) is 5.26. The number of hydrogen-bond acceptors (Lipinski definition) is 3. The highest BCUT2D eigenvalue weighted by Gasteiger charge is 2.27. The quantitative estimate of drug-likeness (QED) is 0.863. The van der Waals surface area contributed by atoms with E-state index in [-0.39, 0.29) is 0 Å². The van der Waals surface area contributed by atoms with E-state index in [9.17, 15) is 0 Å². The minimum atomic E-state index is 0.309. The van der Waals surface area contributed by atoms with Gasteiger partial charge in [0.25, 0.3) is 0 Å². The lowest BCUT2D eigenvalue weighted by molar-refractivity contribution is 0.0304. The van der Waals surface area contributed by atoms with Crippen LogP contribution in [0.5, 0.6) is 0 Å². The Kier molecular flexibility index (Phi) is 2.92. The fourth-order valence-corrected chi connectivity index (χ4v) is 2.97. The van der Waals surface area contributed by atoms with E-state index in [1.54, 1.807) is 0 Å². The Labute approximate surface area is 111 Å². The molecule has 1 aromatic carbocycles. The van der Waals surface area contributed by atoms with Gasteiger partial charge in [-0.25, -0.2) is 4.98 Å². The first-order valence-corrected chi connectivity index (χ1v) is 6.56. The van der Waals surface area contributed by atoms with E-state index >= 15 is 0 Å². The fraction of sp³-hybridized carbons (Fsp3) is 0.462. The van der Waals surface area contributed by atoms with Crippen molar-refractivity contribution in [3.63, 3.8) is 0 Å². The Morgan fingerprint density at radius 3 is 3.11 bits per heavy atom. The first kappa shape index (κ1) is 11.8. The Balaban J connectivity index is 2.18. The third-order valence-electron chi connectivity index (χ3n) is 3.62. The van der Waals surface area contributed by atoms with Gasteiger partial charge < -0.3 is 15.0 Å². The predicted molar refractivity (Wildman–Crippen MR) is 72.8 cm³/mol. The zero-order chi connectivity index (χ0) is 12.7. The molecule has 0 bridgehead atoms. The highest BCUT2D eigenvalue weighted by atomic mass is 35.5. The van der Waals surface area contributed by atoms with Gasteiger partial charge in [-0.3, -0.25) is 0 Å². The first-order valence-electron chi connectivity index (χ1n) is 6.18. The zero-order valence-electron chi connectivity index (χ0n) is 10.3. The van der Waals surface area contributed by atoms with E-state index in [4.69, 9.17) is 22.1 Å². The smallest absolute Gasteiger partial charge is 0.201 e. The van der Waals surface area contributed by atoms with Crippen LogP contribution >= 0.6 is 11.6 Å². The molecule has 0 radical (unpaired) electrons. The summed E-state index contributed by atoms with van der Waals surface area (Å²) in [5.41, 5.74) is 7.87. The summed E-state index contributed by atoms with van der Waals surface area (Å²) in [6.07, 6.45) is 0.946. The van der Waals surface area contributed by atoms with Crippen LogP contribution in [0.3, 0.4) is 0 Å². The maximum Gasteiger partial charge on any atom is 0.201 e. The number of nitrogen functional groups attached to an aromatic ring is 1. The van der Waals surface area contributed by atoms with Gasteiger partial charge >= 0.3 is 0 Å². The lowest BCUT2D eigenvalue weighted by Crippen LogP contribution is -2.28. The number of benzene rings is 1. The molecule has 1 aliphatic heterocycles. The van der Waals surface area contributed by atoms with Crippen LogP contribution < -0.4 is 5.73 Å². The van der Waals surface area contributed by atoms with Crippen molar-refractivity contribution in [3.8, 4) is 0 Å². The summed E-state index contributed by atoms with van der Waals surface area (Å²) in [7, 11) is 0. The number of anilines is 1. The van der Waals surface area contributed by atoms with E-state index in [1.165, 1.54) is 0 Å². The van der Waals surface area contributed by atoms with Gasteiger partial charge in [-0.15, -0.1) is 0 Å². The van der Waals surface area contributed by atoms with Crippen LogP contribution in [0.4, 0.5) is 5.95 Å². The number of hydrogen-bond donors (Lipinski definition) is 1. The van der Waals surface area contributed by atoms with Gasteiger partial charge in [0.2, 0.25) is 5.95 Å². The van der Waals surface area contributed by atoms with Gasteiger partial charge in [-0.1, -0.05) is 24.6 Å². The standard InChI is InChI=1S/C13H16ClN3O/c1-8-7-18-6-5-11(8)17-12-9(14)3-2-4-10(12)16-13(17)15/h2-4,8,11H,5-7H2,1H3,(H2,15,16). The SMILES string of the molecule is CC1COCCC1n1c(N)nc2cccc(Cl)c21. The number of fused-ring (bicyclic) bond motifs is 1. The van der Waals surface area contributed by atoms with E-state index in [0.717, 1.165) is 30.7 Å². The van der Waals surface area contributed by atoms with Crippen LogP contribution in [0.15, 0.2) is 18.2 Å². The van der Waals surface area contributed by atoms with Gasteiger partial charge in [0.15, 0.2) is 0 Å². The molecule has 2 unspecified atom stereocenters. The first-order chi connectivity index (χ1) is 8.68. The number of nitrogens with zero attached hydrogens (tertiary/aromatic N) is 2. The minimum Gasteiger partial charge on any atom is -0.381 e. The van der Waals surface area contributed by atoms with E-state index in [1.807, 2.05) is 18.2 Å². The van der Waals surface area contributed by atoms with E-state index < -0.39 is 0 Å². The maximum absolute atomic E-state index is 6.29. The maximum atomic E-state index is 6.29. The zero-order valence-corrected chi connectivity index (χ0v) is 11.0. The van der Waals surface area contributed by atoms with Gasteiger partial charge in [-0.2, -0.15) is 0 Å². The van der Waals surface area contributed by atoms with Crippen molar-refractivity contribution in [2.45, 2.75) is 19.4 Å². The highest BCUT2D eigenvalue weighted by Crippen LogP contribution is 2.35. The molecule has 0 amide bonds. The van der Waals surface area contributed by atoms with Crippen molar-refractivity contribution in [1.29, 1.82) is 0 Å². The molecular formula is C13H16ClN3O. The number of aromatic nitrogens is 2. The van der Waals surface area contributed by atoms with Gasteiger partial charge in [0.05, 0.1) is 22.7 Å². The minimum absolute atomic E-state index is 0.309. The molecular weight excluding hydrogens is 250 g/mol. The molecule has 2 atom stereocenters. The average Bonchev–Trinajstić information content (AvgIpc) is 2.68. The topological polar surface area (TPSA) is 53.1 Å². The molecule has 18 heavy (non-hydrogen) atoms. The third kappa shape index (κ3) is 1.76. The molecule has 0 aliphatic carbocycles. The predicted octanol–water partition coefficient (Wildman–Crippen LogP) is 2.87. The fourth-order valence-electron chi connectivity index (χ4n) is 2.71. The molecule has 5 heteroatoms. The molecule has 1 aliphatic rings. The largest absolute Gasteiger partial charge is 0.381 e. The molecule has 1 saturated heterocycles. The highest BCUT2D eigenvalue weighted by molar-refractivity contribution is 6.35. The number of para-hydroxylation sites is 1. The summed E-state index contributed by atoms with van der Waals surface area (Å²) in [4.78, 5) is 4.40. The Morgan fingerprint density at radius 1 is 1.50 bits per heavy atom. The number of nitrogens with two attached hydrogens (primary N) is 1. The van der Waals surface area contributed by atoms with Gasteiger partial charge in [-0.05, 0) is 18.6 Å². The normalized spacial score (nSPS) is 24.6. The molecule has 0 spiro atoms. The monoisotopic (exact) mass is 265 g/mol. The number of halogens is 1.